The van der Waals surface area contributed by atoms with Gasteiger partial charge in [-0.2, -0.15) is 0 Å². The summed E-state index contributed by atoms with van der Waals surface area (Å²) in [5.74, 6) is -1.85. The van der Waals surface area contributed by atoms with Crippen LogP contribution in [0.25, 0.3) is 0 Å². The Labute approximate surface area is 125 Å². The van der Waals surface area contributed by atoms with E-state index in [9.17, 15) is 14.7 Å². The Morgan fingerprint density at radius 2 is 1.81 bits per heavy atom. The van der Waals surface area contributed by atoms with E-state index in [1.54, 1.807) is 13.8 Å². The molecule has 0 aliphatic carbocycles. The Hall–Kier alpha value is -1.88. The van der Waals surface area contributed by atoms with Crippen molar-refractivity contribution in [3.05, 3.63) is 35.9 Å². The number of carbonyl (C=O) groups is 2. The molecule has 0 heterocycles. The van der Waals surface area contributed by atoms with Crippen LogP contribution in [0.1, 0.15) is 32.3 Å². The van der Waals surface area contributed by atoms with Gasteiger partial charge in [-0.1, -0.05) is 30.3 Å². The highest BCUT2D eigenvalue weighted by atomic mass is 16.4. The van der Waals surface area contributed by atoms with Crippen molar-refractivity contribution >= 4 is 11.9 Å². The van der Waals surface area contributed by atoms with Crippen LogP contribution in [0, 0.1) is 5.41 Å². The molecule has 21 heavy (non-hydrogen) atoms. The summed E-state index contributed by atoms with van der Waals surface area (Å²) >= 11 is 0. The van der Waals surface area contributed by atoms with Crippen LogP contribution < -0.4 is 5.32 Å². The van der Waals surface area contributed by atoms with Gasteiger partial charge in [-0.15, -0.1) is 0 Å². The number of benzene rings is 1. The van der Waals surface area contributed by atoms with Gasteiger partial charge in [0.05, 0.1) is 5.41 Å². The van der Waals surface area contributed by atoms with Crippen molar-refractivity contribution < 1.29 is 19.8 Å². The highest BCUT2D eigenvalue weighted by Crippen LogP contribution is 2.23. The minimum atomic E-state index is -0.941. The van der Waals surface area contributed by atoms with Crippen molar-refractivity contribution in [2.75, 3.05) is 6.54 Å². The van der Waals surface area contributed by atoms with Crippen molar-refractivity contribution in [3.8, 4) is 0 Å². The zero-order valence-electron chi connectivity index (χ0n) is 12.5. The summed E-state index contributed by atoms with van der Waals surface area (Å²) in [4.78, 5) is 22.3. The first-order chi connectivity index (χ1) is 9.83. The van der Waals surface area contributed by atoms with E-state index < -0.39 is 23.4 Å². The van der Waals surface area contributed by atoms with E-state index in [-0.39, 0.29) is 0 Å². The lowest BCUT2D eigenvalue weighted by atomic mass is 9.86. The summed E-state index contributed by atoms with van der Waals surface area (Å²) in [6.07, 6.45) is 1.36. The molecule has 0 aromatic heterocycles. The first-order valence-corrected chi connectivity index (χ1v) is 7.06. The molecule has 0 amide bonds. The molecule has 1 aromatic carbocycles. The van der Waals surface area contributed by atoms with Gasteiger partial charge in [0.25, 0.3) is 0 Å². The maximum absolute atomic E-state index is 11.2. The summed E-state index contributed by atoms with van der Waals surface area (Å²) in [5.41, 5.74) is 0.231. The van der Waals surface area contributed by atoms with Crippen LogP contribution in [0.15, 0.2) is 30.3 Å². The fraction of sp³-hybridized carbons (Fsp3) is 0.500. The Balaban J connectivity index is 2.44. The number of carboxylic acid groups (broad SMARTS) is 2. The third kappa shape index (κ3) is 5.95. The van der Waals surface area contributed by atoms with Crippen LogP contribution >= 0.6 is 0 Å². The molecule has 116 valence electrons. The van der Waals surface area contributed by atoms with Crippen LogP contribution in [0.2, 0.25) is 0 Å². The fourth-order valence-electron chi connectivity index (χ4n) is 1.96. The molecule has 0 aliphatic rings. The molecule has 0 fully saturated rings. The van der Waals surface area contributed by atoms with Crippen molar-refractivity contribution in [2.45, 2.75) is 39.2 Å². The van der Waals surface area contributed by atoms with Crippen molar-refractivity contribution in [1.29, 1.82) is 0 Å². The largest absolute Gasteiger partial charge is 0.481 e. The summed E-state index contributed by atoms with van der Waals surface area (Å²) in [7, 11) is 0. The summed E-state index contributed by atoms with van der Waals surface area (Å²) in [5, 5.41) is 21.2. The standard InChI is InChI=1S/C16H23NO4/c1-16(2,15(20)21)10-8-13(14(18)19)17-11-9-12-6-4-3-5-7-12/h3-7,13,17H,8-11H2,1-2H3,(H,18,19)(H,20,21). The second kappa shape index (κ2) is 7.78. The van der Waals surface area contributed by atoms with E-state index in [0.29, 0.717) is 19.4 Å². The average molecular weight is 293 g/mol. The topological polar surface area (TPSA) is 86.6 Å². The number of nitrogens with one attached hydrogen (secondary N) is 1. The first kappa shape index (κ1) is 17.2. The zero-order chi connectivity index (χ0) is 15.9. The highest BCUT2D eigenvalue weighted by molar-refractivity contribution is 5.75. The second-order valence-electron chi connectivity index (χ2n) is 5.81. The second-order valence-corrected chi connectivity index (χ2v) is 5.81. The molecule has 0 aliphatic heterocycles. The quantitative estimate of drug-likeness (QED) is 0.649. The van der Waals surface area contributed by atoms with E-state index in [1.807, 2.05) is 30.3 Å². The Morgan fingerprint density at radius 3 is 2.33 bits per heavy atom. The van der Waals surface area contributed by atoms with Crippen molar-refractivity contribution in [2.24, 2.45) is 5.41 Å². The van der Waals surface area contributed by atoms with E-state index >= 15 is 0 Å². The van der Waals surface area contributed by atoms with E-state index in [2.05, 4.69) is 5.32 Å². The lowest BCUT2D eigenvalue weighted by Crippen LogP contribution is -2.39. The molecule has 3 N–H and O–H groups in total. The van der Waals surface area contributed by atoms with Gasteiger partial charge in [-0.25, -0.2) is 0 Å². The molecule has 1 rings (SSSR count). The third-order valence-electron chi connectivity index (χ3n) is 3.58. The molecule has 0 saturated carbocycles. The van der Waals surface area contributed by atoms with Gasteiger partial charge in [0, 0.05) is 0 Å². The van der Waals surface area contributed by atoms with Gasteiger partial charge >= 0.3 is 11.9 Å². The molecule has 5 heteroatoms. The number of hydrogen-bond acceptors (Lipinski definition) is 3. The predicted molar refractivity (Wildman–Crippen MR) is 80.2 cm³/mol. The molecule has 1 unspecified atom stereocenters. The van der Waals surface area contributed by atoms with E-state index in [1.165, 1.54) is 0 Å². The minimum absolute atomic E-state index is 0.295. The molecule has 0 spiro atoms. The number of aliphatic carboxylic acids is 2. The Kier molecular flexibility index (Phi) is 6.37. The third-order valence-corrected chi connectivity index (χ3v) is 3.58. The summed E-state index contributed by atoms with van der Waals surface area (Å²) in [6, 6.07) is 9.09. The van der Waals surface area contributed by atoms with Gasteiger partial charge in [-0.3, -0.25) is 9.59 Å². The monoisotopic (exact) mass is 293 g/mol. The van der Waals surface area contributed by atoms with E-state index in [0.717, 1.165) is 12.0 Å². The van der Waals surface area contributed by atoms with Crippen LogP contribution in [0.4, 0.5) is 0 Å². The smallest absolute Gasteiger partial charge is 0.320 e. The first-order valence-electron chi connectivity index (χ1n) is 7.06. The molecule has 0 radical (unpaired) electrons. The number of hydrogen-bond donors (Lipinski definition) is 3. The predicted octanol–water partition coefficient (Wildman–Crippen LogP) is 2.16. The van der Waals surface area contributed by atoms with Gasteiger partial charge in [-0.05, 0) is 45.2 Å². The summed E-state index contributed by atoms with van der Waals surface area (Å²) in [6.45, 7) is 3.77. The highest BCUT2D eigenvalue weighted by Gasteiger charge is 2.29. The fourth-order valence-corrected chi connectivity index (χ4v) is 1.96. The van der Waals surface area contributed by atoms with Gasteiger partial charge in [0.1, 0.15) is 6.04 Å². The van der Waals surface area contributed by atoms with Gasteiger partial charge in [0.15, 0.2) is 0 Å². The molecule has 1 atom stereocenters. The van der Waals surface area contributed by atoms with Crippen LogP contribution in [0.5, 0.6) is 0 Å². The number of carboxylic acids is 2. The summed E-state index contributed by atoms with van der Waals surface area (Å²) < 4.78 is 0. The molecule has 0 bridgehead atoms. The molecule has 5 nitrogen and oxygen atoms in total. The lowest BCUT2D eigenvalue weighted by Gasteiger charge is -2.22. The van der Waals surface area contributed by atoms with Gasteiger partial charge < -0.3 is 15.5 Å². The SMILES string of the molecule is CC(C)(CCC(NCCc1ccccc1)C(=O)O)C(=O)O. The van der Waals surface area contributed by atoms with Crippen LogP contribution in [-0.2, 0) is 16.0 Å². The Bertz CT molecular complexity index is 470. The minimum Gasteiger partial charge on any atom is -0.481 e. The number of rotatable bonds is 9. The Morgan fingerprint density at radius 1 is 1.19 bits per heavy atom. The van der Waals surface area contributed by atoms with E-state index in [4.69, 9.17) is 5.11 Å². The van der Waals surface area contributed by atoms with Crippen molar-refractivity contribution in [3.63, 3.8) is 0 Å². The van der Waals surface area contributed by atoms with Crippen LogP contribution in [-0.4, -0.2) is 34.7 Å². The molecule has 1 aromatic rings. The zero-order valence-corrected chi connectivity index (χ0v) is 12.5. The molecular formula is C16H23NO4. The van der Waals surface area contributed by atoms with Crippen LogP contribution in [0.3, 0.4) is 0 Å². The van der Waals surface area contributed by atoms with Crippen molar-refractivity contribution in [1.82, 2.24) is 5.32 Å². The molecular weight excluding hydrogens is 270 g/mol. The average Bonchev–Trinajstić information content (AvgIpc) is 2.43. The molecule has 0 saturated heterocycles. The normalized spacial score (nSPS) is 12.9. The van der Waals surface area contributed by atoms with Gasteiger partial charge in [0.2, 0.25) is 0 Å². The maximum atomic E-state index is 11.2. The maximum Gasteiger partial charge on any atom is 0.320 e. The lowest BCUT2D eigenvalue weighted by molar-refractivity contribution is -0.148.